The average Bonchev–Trinajstić information content (AvgIpc) is 2.47. The van der Waals surface area contributed by atoms with Crippen molar-refractivity contribution in [2.24, 2.45) is 0 Å². The zero-order valence-electron chi connectivity index (χ0n) is 8.24. The Morgan fingerprint density at radius 2 is 2.21 bits per heavy atom. The Balaban J connectivity index is 2.46. The molecule has 0 saturated carbocycles. The summed E-state index contributed by atoms with van der Waals surface area (Å²) in [6.45, 7) is 4.05. The molecule has 2 aromatic rings. The largest absolute Gasteiger partial charge is 0.423 e. The molecule has 0 aliphatic rings. The van der Waals surface area contributed by atoms with Crippen LogP contribution in [0.1, 0.15) is 13.8 Å². The Kier molecular flexibility index (Phi) is 2.04. The van der Waals surface area contributed by atoms with Crippen molar-refractivity contribution >= 4 is 22.8 Å². The summed E-state index contributed by atoms with van der Waals surface area (Å²) in [6.07, 6.45) is 0. The third-order valence-corrected chi connectivity index (χ3v) is 1.86. The number of benzene rings is 1. The Morgan fingerprint density at radius 3 is 2.86 bits per heavy atom. The van der Waals surface area contributed by atoms with Gasteiger partial charge in [0.1, 0.15) is 5.52 Å². The van der Waals surface area contributed by atoms with Crippen LogP contribution in [0.15, 0.2) is 22.6 Å². The predicted octanol–water partition coefficient (Wildman–Crippen LogP) is 2.23. The third kappa shape index (κ3) is 1.51. The van der Waals surface area contributed by atoms with Gasteiger partial charge in [0.25, 0.3) is 6.01 Å². The van der Waals surface area contributed by atoms with Gasteiger partial charge in [0.15, 0.2) is 5.58 Å². The molecular weight excluding hydrogens is 178 g/mol. The minimum absolute atomic E-state index is 0.296. The lowest BCUT2D eigenvalue weighted by Gasteiger charge is -2.02. The first-order chi connectivity index (χ1) is 6.66. The Morgan fingerprint density at radius 1 is 1.43 bits per heavy atom. The molecule has 4 heteroatoms. The van der Waals surface area contributed by atoms with E-state index in [-0.39, 0.29) is 0 Å². The summed E-state index contributed by atoms with van der Waals surface area (Å²) in [5, 5.41) is 3.09. The molecule has 0 saturated heterocycles. The summed E-state index contributed by atoms with van der Waals surface area (Å²) in [7, 11) is 0. The van der Waals surface area contributed by atoms with Crippen molar-refractivity contribution in [2.75, 3.05) is 11.1 Å². The van der Waals surface area contributed by atoms with E-state index in [4.69, 9.17) is 10.2 Å². The average molecular weight is 191 g/mol. The Hall–Kier alpha value is -1.71. The number of fused-ring (bicyclic) bond motifs is 1. The lowest BCUT2D eigenvalue weighted by Crippen LogP contribution is -2.09. The summed E-state index contributed by atoms with van der Waals surface area (Å²) in [5.41, 5.74) is 7.83. The molecular formula is C10H13N3O. The molecule has 0 fully saturated rings. The molecule has 0 aliphatic heterocycles. The van der Waals surface area contributed by atoms with Gasteiger partial charge in [-0.1, -0.05) is 6.07 Å². The maximum absolute atomic E-state index is 5.75. The molecule has 14 heavy (non-hydrogen) atoms. The van der Waals surface area contributed by atoms with Crippen LogP contribution in [0.5, 0.6) is 0 Å². The van der Waals surface area contributed by atoms with E-state index < -0.39 is 0 Å². The van der Waals surface area contributed by atoms with Crippen LogP contribution in [0.4, 0.5) is 11.7 Å². The number of aromatic nitrogens is 1. The van der Waals surface area contributed by atoms with E-state index in [0.717, 1.165) is 5.52 Å². The fraction of sp³-hybridized carbons (Fsp3) is 0.300. The first-order valence-electron chi connectivity index (χ1n) is 4.58. The van der Waals surface area contributed by atoms with E-state index in [0.29, 0.717) is 23.3 Å². The highest BCUT2D eigenvalue weighted by Gasteiger charge is 2.07. The molecule has 4 nitrogen and oxygen atoms in total. The summed E-state index contributed by atoms with van der Waals surface area (Å²) in [4.78, 5) is 4.25. The highest BCUT2D eigenvalue weighted by molar-refractivity contribution is 5.86. The second-order valence-electron chi connectivity index (χ2n) is 3.51. The highest BCUT2D eigenvalue weighted by atomic mass is 16.4. The van der Waals surface area contributed by atoms with Crippen LogP contribution in [0.25, 0.3) is 11.1 Å². The van der Waals surface area contributed by atoms with Crippen LogP contribution in [0.2, 0.25) is 0 Å². The highest BCUT2D eigenvalue weighted by Crippen LogP contribution is 2.23. The van der Waals surface area contributed by atoms with Crippen LogP contribution in [-0.4, -0.2) is 11.0 Å². The van der Waals surface area contributed by atoms with E-state index in [1.807, 2.05) is 32.0 Å². The van der Waals surface area contributed by atoms with E-state index in [9.17, 15) is 0 Å². The maximum Gasteiger partial charge on any atom is 0.295 e. The third-order valence-electron chi connectivity index (χ3n) is 1.86. The van der Waals surface area contributed by atoms with E-state index in [2.05, 4.69) is 10.3 Å². The van der Waals surface area contributed by atoms with Crippen molar-refractivity contribution in [2.45, 2.75) is 19.9 Å². The van der Waals surface area contributed by atoms with Gasteiger partial charge in [-0.15, -0.1) is 0 Å². The normalized spacial score (nSPS) is 11.1. The van der Waals surface area contributed by atoms with E-state index in [1.54, 1.807) is 0 Å². The Bertz CT molecular complexity index is 448. The zero-order valence-corrected chi connectivity index (χ0v) is 8.24. The number of oxazole rings is 1. The van der Waals surface area contributed by atoms with Gasteiger partial charge in [-0.3, -0.25) is 0 Å². The van der Waals surface area contributed by atoms with E-state index in [1.165, 1.54) is 0 Å². The molecule has 0 atom stereocenters. The molecule has 0 aliphatic carbocycles. The smallest absolute Gasteiger partial charge is 0.295 e. The quantitative estimate of drug-likeness (QED) is 0.714. The molecule has 1 aromatic carbocycles. The van der Waals surface area contributed by atoms with Gasteiger partial charge in [0.2, 0.25) is 0 Å². The molecule has 0 bridgehead atoms. The van der Waals surface area contributed by atoms with Crippen molar-refractivity contribution in [3.8, 4) is 0 Å². The molecule has 2 rings (SSSR count). The number of anilines is 2. The molecule has 3 N–H and O–H groups in total. The number of rotatable bonds is 2. The van der Waals surface area contributed by atoms with Gasteiger partial charge in [-0.25, -0.2) is 0 Å². The number of nitrogens with one attached hydrogen (secondary N) is 1. The van der Waals surface area contributed by atoms with Crippen molar-refractivity contribution in [3.63, 3.8) is 0 Å². The van der Waals surface area contributed by atoms with Gasteiger partial charge in [0.05, 0.1) is 5.69 Å². The lowest BCUT2D eigenvalue weighted by molar-refractivity contribution is 0.606. The number of nitrogen functional groups attached to an aromatic ring is 1. The minimum atomic E-state index is 0.296. The van der Waals surface area contributed by atoms with Gasteiger partial charge in [-0.2, -0.15) is 4.98 Å². The van der Waals surface area contributed by atoms with Crippen LogP contribution < -0.4 is 11.1 Å². The minimum Gasteiger partial charge on any atom is -0.423 e. The maximum atomic E-state index is 5.75. The first-order valence-corrected chi connectivity index (χ1v) is 4.58. The SMILES string of the molecule is CC(C)Nc1nc2c(N)cccc2o1. The monoisotopic (exact) mass is 191 g/mol. The molecule has 0 amide bonds. The van der Waals surface area contributed by atoms with Crippen LogP contribution >= 0.6 is 0 Å². The topological polar surface area (TPSA) is 64.1 Å². The summed E-state index contributed by atoms with van der Waals surface area (Å²) < 4.78 is 5.46. The van der Waals surface area contributed by atoms with Gasteiger partial charge < -0.3 is 15.5 Å². The van der Waals surface area contributed by atoms with Crippen LogP contribution in [0.3, 0.4) is 0 Å². The first kappa shape index (κ1) is 8.87. The van der Waals surface area contributed by atoms with Crippen molar-refractivity contribution in [3.05, 3.63) is 18.2 Å². The Labute approximate surface area is 82.1 Å². The number of hydrogen-bond donors (Lipinski definition) is 2. The molecule has 0 spiro atoms. The number of hydrogen-bond acceptors (Lipinski definition) is 4. The van der Waals surface area contributed by atoms with Gasteiger partial charge in [-0.05, 0) is 26.0 Å². The van der Waals surface area contributed by atoms with Crippen molar-refractivity contribution in [1.82, 2.24) is 4.98 Å². The fourth-order valence-electron chi connectivity index (χ4n) is 1.28. The zero-order chi connectivity index (χ0) is 10.1. The van der Waals surface area contributed by atoms with Crippen LogP contribution in [0, 0.1) is 0 Å². The summed E-state index contributed by atoms with van der Waals surface area (Å²) in [5.74, 6) is 0. The molecule has 1 aromatic heterocycles. The fourth-order valence-corrected chi connectivity index (χ4v) is 1.28. The standard InChI is InChI=1S/C10H13N3O/c1-6(2)12-10-13-9-7(11)4-3-5-8(9)14-10/h3-6H,11H2,1-2H3,(H,12,13). The van der Waals surface area contributed by atoms with Crippen molar-refractivity contribution in [1.29, 1.82) is 0 Å². The van der Waals surface area contributed by atoms with Gasteiger partial charge >= 0.3 is 0 Å². The second-order valence-corrected chi connectivity index (χ2v) is 3.51. The molecule has 74 valence electrons. The second kappa shape index (κ2) is 3.21. The predicted molar refractivity (Wildman–Crippen MR) is 57.2 cm³/mol. The van der Waals surface area contributed by atoms with Crippen molar-refractivity contribution < 1.29 is 4.42 Å². The molecule has 1 heterocycles. The van der Waals surface area contributed by atoms with Gasteiger partial charge in [0, 0.05) is 6.04 Å². The number of nitrogens with zero attached hydrogens (tertiary/aromatic N) is 1. The number of nitrogens with two attached hydrogens (primary N) is 1. The molecule has 0 radical (unpaired) electrons. The van der Waals surface area contributed by atoms with Crippen LogP contribution in [-0.2, 0) is 0 Å². The lowest BCUT2D eigenvalue weighted by atomic mass is 10.3. The summed E-state index contributed by atoms with van der Waals surface area (Å²) in [6, 6.07) is 6.33. The summed E-state index contributed by atoms with van der Waals surface area (Å²) >= 11 is 0. The van der Waals surface area contributed by atoms with E-state index >= 15 is 0 Å². The molecule has 0 unspecified atom stereocenters. The number of para-hydroxylation sites is 1.